The zero-order chi connectivity index (χ0) is 17.2. The lowest BCUT2D eigenvalue weighted by atomic mass is 10.1. The lowest BCUT2D eigenvalue weighted by molar-refractivity contribution is 0.102. The minimum absolute atomic E-state index is 0.257. The van der Waals surface area contributed by atoms with Gasteiger partial charge in [-0.05, 0) is 48.5 Å². The first-order valence-corrected chi connectivity index (χ1v) is 7.71. The van der Waals surface area contributed by atoms with Crippen LogP contribution in [0, 0.1) is 11.3 Å². The van der Waals surface area contributed by atoms with Crippen molar-refractivity contribution in [3.05, 3.63) is 77.9 Å². The number of hydrogen-bond donors (Lipinski definition) is 1. The Balaban J connectivity index is 1.69. The summed E-state index contributed by atoms with van der Waals surface area (Å²) in [5.41, 5.74) is 4.57. The smallest absolute Gasteiger partial charge is 0.255 e. The van der Waals surface area contributed by atoms with Crippen LogP contribution >= 0.6 is 0 Å². The zero-order valence-corrected chi connectivity index (χ0v) is 13.1. The Bertz CT molecular complexity index is 1160. The Labute approximate surface area is 143 Å². The molecule has 0 atom stereocenters. The van der Waals surface area contributed by atoms with Crippen molar-refractivity contribution in [2.75, 3.05) is 5.32 Å². The fourth-order valence-corrected chi connectivity index (χ4v) is 2.63. The van der Waals surface area contributed by atoms with Gasteiger partial charge in [0.25, 0.3) is 5.91 Å². The summed E-state index contributed by atoms with van der Waals surface area (Å²) in [5.74, 6) is -0.257. The molecule has 0 aliphatic heterocycles. The number of fused-ring (bicyclic) bond motifs is 2. The van der Waals surface area contributed by atoms with E-state index in [-0.39, 0.29) is 5.91 Å². The summed E-state index contributed by atoms with van der Waals surface area (Å²) in [5, 5.41) is 11.7. The minimum Gasteiger partial charge on any atom is -0.322 e. The van der Waals surface area contributed by atoms with Gasteiger partial charge in [0.2, 0.25) is 0 Å². The van der Waals surface area contributed by atoms with Crippen molar-refractivity contribution in [2.24, 2.45) is 0 Å². The highest BCUT2D eigenvalue weighted by Crippen LogP contribution is 2.18. The molecule has 118 valence electrons. The lowest BCUT2D eigenvalue weighted by Gasteiger charge is -2.07. The van der Waals surface area contributed by atoms with E-state index in [0.717, 1.165) is 16.6 Å². The predicted molar refractivity (Wildman–Crippen MR) is 96.2 cm³/mol. The van der Waals surface area contributed by atoms with Gasteiger partial charge in [0, 0.05) is 11.3 Å². The van der Waals surface area contributed by atoms with Gasteiger partial charge in [-0.1, -0.05) is 18.2 Å². The summed E-state index contributed by atoms with van der Waals surface area (Å²) in [7, 11) is 0. The van der Waals surface area contributed by atoms with Crippen LogP contribution in [0.25, 0.3) is 22.1 Å². The highest BCUT2D eigenvalue weighted by Gasteiger charge is 2.09. The van der Waals surface area contributed by atoms with Gasteiger partial charge in [-0.15, -0.1) is 0 Å². The van der Waals surface area contributed by atoms with Crippen LogP contribution in [0.2, 0.25) is 0 Å². The first-order chi connectivity index (χ1) is 12.2. The first kappa shape index (κ1) is 14.8. The molecule has 0 fully saturated rings. The van der Waals surface area contributed by atoms with Gasteiger partial charge in [0.05, 0.1) is 33.7 Å². The Kier molecular flexibility index (Phi) is 3.56. The molecule has 0 unspecified atom stereocenters. The number of rotatable bonds is 2. The molecule has 0 radical (unpaired) electrons. The largest absolute Gasteiger partial charge is 0.322 e. The number of nitrogens with zero attached hydrogens (tertiary/aromatic N) is 3. The number of hydrogen-bond acceptors (Lipinski definition) is 4. The number of amides is 1. The fraction of sp³-hybridized carbons (Fsp3) is 0. The highest BCUT2D eigenvalue weighted by atomic mass is 16.1. The van der Waals surface area contributed by atoms with Crippen molar-refractivity contribution in [1.82, 2.24) is 9.97 Å². The van der Waals surface area contributed by atoms with Gasteiger partial charge in [0.15, 0.2) is 0 Å². The molecule has 0 aliphatic carbocycles. The molecule has 0 saturated carbocycles. The molecule has 1 aromatic heterocycles. The van der Waals surface area contributed by atoms with E-state index in [1.54, 1.807) is 42.5 Å². The van der Waals surface area contributed by atoms with E-state index in [1.165, 1.54) is 0 Å². The monoisotopic (exact) mass is 324 g/mol. The molecule has 1 N–H and O–H groups in total. The number of nitriles is 1. The van der Waals surface area contributed by atoms with Gasteiger partial charge < -0.3 is 5.32 Å². The van der Waals surface area contributed by atoms with Crippen LogP contribution in [0.4, 0.5) is 5.69 Å². The number of benzene rings is 3. The van der Waals surface area contributed by atoms with Gasteiger partial charge >= 0.3 is 0 Å². The Hall–Kier alpha value is -3.78. The summed E-state index contributed by atoms with van der Waals surface area (Å²) in [6, 6.07) is 21.7. The van der Waals surface area contributed by atoms with Gasteiger partial charge in [-0.25, -0.2) is 9.97 Å². The first-order valence-electron chi connectivity index (χ1n) is 7.71. The van der Waals surface area contributed by atoms with E-state index < -0.39 is 0 Å². The third kappa shape index (κ3) is 2.89. The quantitative estimate of drug-likeness (QED) is 0.567. The van der Waals surface area contributed by atoms with Gasteiger partial charge in [0.1, 0.15) is 0 Å². The maximum atomic E-state index is 12.5. The summed E-state index contributed by atoms with van der Waals surface area (Å²) < 4.78 is 0. The lowest BCUT2D eigenvalue weighted by Crippen LogP contribution is -2.12. The van der Waals surface area contributed by atoms with Crippen molar-refractivity contribution in [3.63, 3.8) is 0 Å². The predicted octanol–water partition coefficient (Wildman–Crippen LogP) is 3.91. The molecule has 1 amide bonds. The highest BCUT2D eigenvalue weighted by molar-refractivity contribution is 6.06. The van der Waals surface area contributed by atoms with E-state index in [2.05, 4.69) is 21.4 Å². The van der Waals surface area contributed by atoms with Crippen LogP contribution < -0.4 is 5.32 Å². The average Bonchev–Trinajstić information content (AvgIpc) is 2.66. The van der Waals surface area contributed by atoms with E-state index in [1.807, 2.05) is 24.3 Å². The van der Waals surface area contributed by atoms with Crippen LogP contribution in [-0.2, 0) is 0 Å². The zero-order valence-electron chi connectivity index (χ0n) is 13.1. The second-order valence-corrected chi connectivity index (χ2v) is 5.56. The van der Waals surface area contributed by atoms with Crippen LogP contribution in [0.15, 0.2) is 66.7 Å². The number of carbonyl (C=O) groups excluding carboxylic acids is 1. The molecule has 3 aromatic carbocycles. The molecule has 0 aliphatic rings. The molecule has 0 saturated heterocycles. The van der Waals surface area contributed by atoms with Crippen molar-refractivity contribution in [1.29, 1.82) is 5.26 Å². The summed E-state index contributed by atoms with van der Waals surface area (Å²) >= 11 is 0. The molecule has 4 rings (SSSR count). The van der Waals surface area contributed by atoms with Crippen LogP contribution in [0.5, 0.6) is 0 Å². The van der Waals surface area contributed by atoms with Gasteiger partial charge in [-0.3, -0.25) is 4.79 Å². The van der Waals surface area contributed by atoms with E-state index in [9.17, 15) is 4.79 Å². The van der Waals surface area contributed by atoms with E-state index >= 15 is 0 Å². The van der Waals surface area contributed by atoms with Crippen LogP contribution in [-0.4, -0.2) is 15.9 Å². The topological polar surface area (TPSA) is 78.7 Å². The molecule has 1 heterocycles. The molecule has 0 spiro atoms. The molecule has 25 heavy (non-hydrogen) atoms. The molecule has 0 bridgehead atoms. The maximum absolute atomic E-state index is 12.5. The van der Waals surface area contributed by atoms with Crippen molar-refractivity contribution in [2.45, 2.75) is 0 Å². The normalized spacial score (nSPS) is 10.5. The summed E-state index contributed by atoms with van der Waals surface area (Å²) in [6.07, 6.45) is 0. The fourth-order valence-electron chi connectivity index (χ4n) is 2.63. The number of anilines is 1. The Morgan fingerprint density at radius 3 is 2.32 bits per heavy atom. The molecule has 5 heteroatoms. The summed E-state index contributed by atoms with van der Waals surface area (Å²) in [4.78, 5) is 21.6. The van der Waals surface area contributed by atoms with Crippen molar-refractivity contribution in [3.8, 4) is 6.07 Å². The maximum Gasteiger partial charge on any atom is 0.255 e. The number of aromatic nitrogens is 2. The average molecular weight is 324 g/mol. The van der Waals surface area contributed by atoms with Crippen molar-refractivity contribution >= 4 is 33.7 Å². The van der Waals surface area contributed by atoms with E-state index in [4.69, 9.17) is 5.26 Å². The minimum atomic E-state index is -0.257. The standard InChI is InChI=1S/C20H12N4O/c21-12-13-4-3-5-15(10-13)22-20(25)14-8-9-18-19(11-14)24-17-7-2-1-6-16(17)23-18/h1-11H,(H,22,25). The third-order valence-electron chi connectivity index (χ3n) is 3.85. The SMILES string of the molecule is N#Cc1cccc(NC(=O)c2ccc3nc4ccccc4nc3c2)c1. The molecular weight excluding hydrogens is 312 g/mol. The Morgan fingerprint density at radius 1 is 0.840 bits per heavy atom. The number of carbonyl (C=O) groups is 1. The molecule has 5 nitrogen and oxygen atoms in total. The van der Waals surface area contributed by atoms with Crippen LogP contribution in [0.3, 0.4) is 0 Å². The number of nitrogens with one attached hydrogen (secondary N) is 1. The molecular formula is C20H12N4O. The van der Waals surface area contributed by atoms with Crippen molar-refractivity contribution < 1.29 is 4.79 Å². The number of para-hydroxylation sites is 2. The third-order valence-corrected chi connectivity index (χ3v) is 3.85. The molecule has 4 aromatic rings. The van der Waals surface area contributed by atoms with Gasteiger partial charge in [-0.2, -0.15) is 5.26 Å². The van der Waals surface area contributed by atoms with E-state index in [0.29, 0.717) is 22.3 Å². The Morgan fingerprint density at radius 2 is 1.56 bits per heavy atom. The van der Waals surface area contributed by atoms with Crippen LogP contribution in [0.1, 0.15) is 15.9 Å². The second kappa shape index (κ2) is 6.02. The second-order valence-electron chi connectivity index (χ2n) is 5.56. The summed E-state index contributed by atoms with van der Waals surface area (Å²) in [6.45, 7) is 0.